The quantitative estimate of drug-likeness (QED) is 0.391. The van der Waals surface area contributed by atoms with Gasteiger partial charge in [-0.3, -0.25) is 29.1 Å². The number of ether oxygens (including phenoxy) is 1. The lowest BCUT2D eigenvalue weighted by molar-refractivity contribution is -0.124. The average molecular weight is 472 g/mol. The maximum Gasteiger partial charge on any atom is 0.262 e. The Bertz CT molecular complexity index is 924. The third-order valence-electron chi connectivity index (χ3n) is 6.89. The zero-order chi connectivity index (χ0) is 24.1. The van der Waals surface area contributed by atoms with Crippen LogP contribution in [0.2, 0.25) is 0 Å². The number of rotatable bonds is 9. The number of aldehydes is 1. The maximum atomic E-state index is 13.2. The molecule has 184 valence electrons. The molecule has 3 amide bonds. The summed E-state index contributed by atoms with van der Waals surface area (Å²) in [6.07, 6.45) is 0.882. The van der Waals surface area contributed by atoms with E-state index in [-0.39, 0.29) is 12.8 Å². The fourth-order valence-corrected chi connectivity index (χ4v) is 4.83. The minimum atomic E-state index is -0.999. The van der Waals surface area contributed by atoms with Crippen LogP contribution in [0.25, 0.3) is 0 Å². The molecule has 0 saturated carbocycles. The van der Waals surface area contributed by atoms with Crippen molar-refractivity contribution in [2.45, 2.75) is 18.9 Å². The molecular weight excluding hydrogens is 438 g/mol. The summed E-state index contributed by atoms with van der Waals surface area (Å²) in [6, 6.07) is 4.31. The topological polar surface area (TPSA) is 102 Å². The lowest BCUT2D eigenvalue weighted by Crippen LogP contribution is -2.49. The highest BCUT2D eigenvalue weighted by Gasteiger charge is 2.42. The summed E-state index contributed by atoms with van der Waals surface area (Å²) in [6.45, 7) is 9.24. The van der Waals surface area contributed by atoms with Gasteiger partial charge in [-0.15, -0.1) is 0 Å². The van der Waals surface area contributed by atoms with Gasteiger partial charge in [-0.1, -0.05) is 0 Å². The van der Waals surface area contributed by atoms with Crippen LogP contribution < -0.4 is 10.2 Å². The second-order valence-corrected chi connectivity index (χ2v) is 8.87. The summed E-state index contributed by atoms with van der Waals surface area (Å²) < 4.78 is 5.41. The molecule has 10 nitrogen and oxygen atoms in total. The average Bonchev–Trinajstić information content (AvgIpc) is 3.13. The predicted molar refractivity (Wildman–Crippen MR) is 126 cm³/mol. The number of piperazine rings is 1. The normalized spacial score (nSPS) is 20.4. The predicted octanol–water partition coefficient (Wildman–Crippen LogP) is -0.169. The van der Waals surface area contributed by atoms with Gasteiger partial charge in [0.1, 0.15) is 12.3 Å². The standard InChI is InChI=1S/C24H33N5O5/c1-25-22(31)21(3-2-14-30)29-23(32)19-5-4-18(17-20(19)24(29)33)28-10-8-26(9-11-28)6-7-27-12-15-34-16-13-27/h4-5,14,17,21H,2-3,6-13,15-16H2,1H3,(H,25,31). The van der Waals surface area contributed by atoms with E-state index < -0.39 is 23.8 Å². The zero-order valence-corrected chi connectivity index (χ0v) is 19.7. The fraction of sp³-hybridized carbons (Fsp3) is 0.583. The molecule has 0 aromatic heterocycles. The van der Waals surface area contributed by atoms with Crippen LogP contribution in [0.5, 0.6) is 0 Å². The number of likely N-dealkylation sites (N-methyl/N-ethyl adjacent to an activating group) is 1. The Labute approximate surface area is 199 Å². The molecule has 1 aromatic carbocycles. The van der Waals surface area contributed by atoms with Crippen molar-refractivity contribution in [1.82, 2.24) is 20.0 Å². The van der Waals surface area contributed by atoms with Crippen LogP contribution in [0, 0.1) is 0 Å². The second-order valence-electron chi connectivity index (χ2n) is 8.87. The highest BCUT2D eigenvalue weighted by Crippen LogP contribution is 2.30. The zero-order valence-electron chi connectivity index (χ0n) is 19.7. The van der Waals surface area contributed by atoms with E-state index in [1.54, 1.807) is 12.1 Å². The number of nitrogens with one attached hydrogen (secondary N) is 1. The SMILES string of the molecule is CNC(=O)C(CCC=O)N1C(=O)c2ccc(N3CCN(CCN4CCOCC4)CC3)cc2C1=O. The molecule has 1 aromatic rings. The van der Waals surface area contributed by atoms with E-state index in [1.165, 1.54) is 7.05 Å². The number of carbonyl (C=O) groups excluding carboxylic acids is 4. The number of benzene rings is 1. The largest absolute Gasteiger partial charge is 0.379 e. The van der Waals surface area contributed by atoms with Crippen molar-refractivity contribution in [2.75, 3.05) is 77.5 Å². The van der Waals surface area contributed by atoms with Crippen LogP contribution in [0.4, 0.5) is 5.69 Å². The summed E-state index contributed by atoms with van der Waals surface area (Å²) in [7, 11) is 1.45. The molecule has 3 aliphatic rings. The number of morpholine rings is 1. The van der Waals surface area contributed by atoms with E-state index in [9.17, 15) is 19.2 Å². The smallest absolute Gasteiger partial charge is 0.262 e. The second kappa shape index (κ2) is 11.1. The molecule has 3 aliphatic heterocycles. The van der Waals surface area contributed by atoms with E-state index in [1.807, 2.05) is 6.07 Å². The van der Waals surface area contributed by atoms with Gasteiger partial charge in [0.25, 0.3) is 11.8 Å². The number of carbonyl (C=O) groups is 4. The molecule has 1 unspecified atom stereocenters. The van der Waals surface area contributed by atoms with Crippen LogP contribution in [0.1, 0.15) is 33.6 Å². The molecule has 0 bridgehead atoms. The Morgan fingerprint density at radius 1 is 1.00 bits per heavy atom. The van der Waals surface area contributed by atoms with Gasteiger partial charge in [0.2, 0.25) is 5.91 Å². The molecule has 34 heavy (non-hydrogen) atoms. The van der Waals surface area contributed by atoms with Crippen LogP contribution in [0.3, 0.4) is 0 Å². The van der Waals surface area contributed by atoms with Crippen molar-refractivity contribution in [2.24, 2.45) is 0 Å². The molecule has 1 N–H and O–H groups in total. The van der Waals surface area contributed by atoms with Crippen molar-refractivity contribution < 1.29 is 23.9 Å². The summed E-state index contributed by atoms with van der Waals surface area (Å²) >= 11 is 0. The highest BCUT2D eigenvalue weighted by molar-refractivity contribution is 6.23. The lowest BCUT2D eigenvalue weighted by atomic mass is 10.1. The van der Waals surface area contributed by atoms with Gasteiger partial charge in [0, 0.05) is 71.5 Å². The summed E-state index contributed by atoms with van der Waals surface area (Å²) in [5.74, 6) is -1.42. The van der Waals surface area contributed by atoms with E-state index in [0.717, 1.165) is 76.2 Å². The molecular formula is C24H33N5O5. The van der Waals surface area contributed by atoms with Gasteiger partial charge in [0.05, 0.1) is 24.3 Å². The van der Waals surface area contributed by atoms with Crippen molar-refractivity contribution >= 4 is 29.7 Å². The maximum absolute atomic E-state index is 13.2. The minimum absolute atomic E-state index is 0.0898. The third kappa shape index (κ3) is 5.13. The first kappa shape index (κ1) is 24.3. The lowest BCUT2D eigenvalue weighted by Gasteiger charge is -2.37. The molecule has 0 radical (unpaired) electrons. The molecule has 0 aliphatic carbocycles. The van der Waals surface area contributed by atoms with E-state index >= 15 is 0 Å². The Kier molecular flexibility index (Phi) is 7.91. The third-order valence-corrected chi connectivity index (χ3v) is 6.89. The van der Waals surface area contributed by atoms with Gasteiger partial charge in [-0.05, 0) is 24.6 Å². The molecule has 2 saturated heterocycles. The number of fused-ring (bicyclic) bond motifs is 1. The van der Waals surface area contributed by atoms with Gasteiger partial charge in [-0.2, -0.15) is 0 Å². The van der Waals surface area contributed by atoms with Crippen LogP contribution in [0.15, 0.2) is 18.2 Å². The molecule has 2 fully saturated rings. The molecule has 3 heterocycles. The van der Waals surface area contributed by atoms with E-state index in [0.29, 0.717) is 17.4 Å². The number of hydrogen-bond acceptors (Lipinski definition) is 8. The number of nitrogens with zero attached hydrogens (tertiary/aromatic N) is 4. The van der Waals surface area contributed by atoms with Crippen LogP contribution >= 0.6 is 0 Å². The van der Waals surface area contributed by atoms with Crippen LogP contribution in [-0.2, 0) is 14.3 Å². The van der Waals surface area contributed by atoms with E-state index in [4.69, 9.17) is 4.74 Å². The Balaban J connectivity index is 1.39. The van der Waals surface area contributed by atoms with Crippen molar-refractivity contribution in [1.29, 1.82) is 0 Å². The van der Waals surface area contributed by atoms with Gasteiger partial charge in [0.15, 0.2) is 0 Å². The Morgan fingerprint density at radius 3 is 2.29 bits per heavy atom. The van der Waals surface area contributed by atoms with Crippen molar-refractivity contribution in [3.63, 3.8) is 0 Å². The Hall–Kier alpha value is -2.82. The summed E-state index contributed by atoms with van der Waals surface area (Å²) in [4.78, 5) is 57.4. The van der Waals surface area contributed by atoms with Crippen LogP contribution in [-0.4, -0.2) is 117 Å². The molecule has 4 rings (SSSR count). The van der Waals surface area contributed by atoms with Gasteiger partial charge >= 0.3 is 0 Å². The van der Waals surface area contributed by atoms with Gasteiger partial charge in [-0.25, -0.2) is 0 Å². The fourth-order valence-electron chi connectivity index (χ4n) is 4.83. The molecule has 0 spiro atoms. The van der Waals surface area contributed by atoms with Crippen molar-refractivity contribution in [3.8, 4) is 0 Å². The number of imide groups is 1. The minimum Gasteiger partial charge on any atom is -0.379 e. The van der Waals surface area contributed by atoms with E-state index in [2.05, 4.69) is 20.0 Å². The summed E-state index contributed by atoms with van der Waals surface area (Å²) in [5, 5.41) is 2.49. The monoisotopic (exact) mass is 471 g/mol. The Morgan fingerprint density at radius 2 is 1.65 bits per heavy atom. The first-order chi connectivity index (χ1) is 16.5. The molecule has 1 atom stereocenters. The number of hydrogen-bond donors (Lipinski definition) is 1. The number of amides is 3. The highest BCUT2D eigenvalue weighted by atomic mass is 16.5. The van der Waals surface area contributed by atoms with Gasteiger partial charge < -0.3 is 19.7 Å². The first-order valence-electron chi connectivity index (χ1n) is 12.0. The summed E-state index contributed by atoms with van der Waals surface area (Å²) in [5.41, 5.74) is 1.52. The molecule has 10 heteroatoms. The first-order valence-corrected chi connectivity index (χ1v) is 12.0. The number of anilines is 1. The van der Waals surface area contributed by atoms with Crippen molar-refractivity contribution in [3.05, 3.63) is 29.3 Å².